The van der Waals surface area contributed by atoms with Crippen molar-refractivity contribution in [3.8, 4) is 0 Å². The molecule has 0 amide bonds. The zero-order valence-electron chi connectivity index (χ0n) is 12.7. The molecule has 0 radical (unpaired) electrons. The van der Waals surface area contributed by atoms with E-state index in [-0.39, 0.29) is 0 Å². The lowest BCUT2D eigenvalue weighted by atomic mass is 10.0. The first kappa shape index (κ1) is 14.7. The normalized spacial score (nSPS) is 27.2. The molecule has 2 unspecified atom stereocenters. The minimum Gasteiger partial charge on any atom is -0.379 e. The Kier molecular flexibility index (Phi) is 5.00. The van der Waals surface area contributed by atoms with Crippen molar-refractivity contribution < 1.29 is 4.74 Å². The predicted octanol–water partition coefficient (Wildman–Crippen LogP) is 0.223. The maximum absolute atomic E-state index is 5.63. The molecule has 1 N–H and O–H groups in total. The Balaban J connectivity index is 1.47. The van der Waals surface area contributed by atoms with Gasteiger partial charge in [0.15, 0.2) is 0 Å². The number of hydrogen-bond donors (Lipinski definition) is 1. The van der Waals surface area contributed by atoms with Crippen molar-refractivity contribution in [3.63, 3.8) is 0 Å². The summed E-state index contributed by atoms with van der Waals surface area (Å²) in [5.74, 6) is 1.47. The van der Waals surface area contributed by atoms with E-state index in [0.29, 0.717) is 12.0 Å². The molecule has 2 aliphatic rings. The molecule has 1 aromatic rings. The predicted molar refractivity (Wildman–Crippen MR) is 82.5 cm³/mol. The van der Waals surface area contributed by atoms with Crippen molar-refractivity contribution in [2.24, 2.45) is 5.92 Å². The van der Waals surface area contributed by atoms with Gasteiger partial charge in [0.25, 0.3) is 0 Å². The molecule has 6 nitrogen and oxygen atoms in total. The third-order valence-corrected chi connectivity index (χ3v) is 4.36. The van der Waals surface area contributed by atoms with Crippen LogP contribution in [0.1, 0.15) is 6.92 Å². The SMILES string of the molecule is CCNC1COCC1CN1CCN(c2ncccn2)CC1. The zero-order chi connectivity index (χ0) is 14.5. The molecule has 116 valence electrons. The summed E-state index contributed by atoms with van der Waals surface area (Å²) in [5.41, 5.74) is 0. The second-order valence-corrected chi connectivity index (χ2v) is 5.80. The number of piperazine rings is 1. The van der Waals surface area contributed by atoms with E-state index in [1.165, 1.54) is 0 Å². The molecule has 2 aliphatic heterocycles. The van der Waals surface area contributed by atoms with E-state index in [2.05, 4.69) is 32.0 Å². The first-order valence-corrected chi connectivity index (χ1v) is 7.92. The molecule has 3 rings (SSSR count). The number of likely N-dealkylation sites (N-methyl/N-ethyl adjacent to an activating group) is 1. The fraction of sp³-hybridized carbons (Fsp3) is 0.733. The number of ether oxygens (including phenoxy) is 1. The molecule has 0 bridgehead atoms. The minimum atomic E-state index is 0.519. The molecule has 2 saturated heterocycles. The Morgan fingerprint density at radius 2 is 1.95 bits per heavy atom. The van der Waals surface area contributed by atoms with E-state index in [4.69, 9.17) is 4.74 Å². The molecule has 2 fully saturated rings. The Bertz CT molecular complexity index is 421. The van der Waals surface area contributed by atoms with E-state index in [1.54, 1.807) is 0 Å². The highest BCUT2D eigenvalue weighted by molar-refractivity contribution is 5.29. The van der Waals surface area contributed by atoms with E-state index in [9.17, 15) is 0 Å². The maximum Gasteiger partial charge on any atom is 0.225 e. The number of aromatic nitrogens is 2. The molecule has 0 saturated carbocycles. The van der Waals surface area contributed by atoms with Gasteiger partial charge in [-0.1, -0.05) is 6.92 Å². The molecular weight excluding hydrogens is 266 g/mol. The second-order valence-electron chi connectivity index (χ2n) is 5.80. The summed E-state index contributed by atoms with van der Waals surface area (Å²) in [6, 6.07) is 2.38. The second kappa shape index (κ2) is 7.15. The van der Waals surface area contributed by atoms with Gasteiger partial charge in [-0.05, 0) is 12.6 Å². The van der Waals surface area contributed by atoms with E-state index in [0.717, 1.165) is 58.4 Å². The van der Waals surface area contributed by atoms with E-state index >= 15 is 0 Å². The van der Waals surface area contributed by atoms with Crippen molar-refractivity contribution in [1.29, 1.82) is 0 Å². The molecule has 0 aliphatic carbocycles. The maximum atomic E-state index is 5.63. The molecule has 1 aromatic heterocycles. The quantitative estimate of drug-likeness (QED) is 0.838. The van der Waals surface area contributed by atoms with Gasteiger partial charge in [-0.2, -0.15) is 0 Å². The van der Waals surface area contributed by atoms with Crippen molar-refractivity contribution in [1.82, 2.24) is 20.2 Å². The lowest BCUT2D eigenvalue weighted by Crippen LogP contribution is -2.50. The van der Waals surface area contributed by atoms with Gasteiger partial charge in [0.1, 0.15) is 0 Å². The number of anilines is 1. The highest BCUT2D eigenvalue weighted by Crippen LogP contribution is 2.17. The van der Waals surface area contributed by atoms with Crippen LogP contribution in [0.25, 0.3) is 0 Å². The van der Waals surface area contributed by atoms with E-state index < -0.39 is 0 Å². The van der Waals surface area contributed by atoms with E-state index in [1.807, 2.05) is 18.5 Å². The third-order valence-electron chi connectivity index (χ3n) is 4.36. The number of rotatable bonds is 5. The summed E-state index contributed by atoms with van der Waals surface area (Å²) in [7, 11) is 0. The number of hydrogen-bond acceptors (Lipinski definition) is 6. The van der Waals surface area contributed by atoms with Crippen LogP contribution in [0.15, 0.2) is 18.5 Å². The zero-order valence-corrected chi connectivity index (χ0v) is 12.7. The molecular formula is C15H25N5O. The molecule has 0 aromatic carbocycles. The first-order chi connectivity index (χ1) is 10.4. The minimum absolute atomic E-state index is 0.519. The molecule has 6 heteroatoms. The summed E-state index contributed by atoms with van der Waals surface area (Å²) in [5, 5.41) is 3.54. The van der Waals surface area contributed by atoms with Gasteiger partial charge in [-0.15, -0.1) is 0 Å². The van der Waals surface area contributed by atoms with Crippen LogP contribution in [0.5, 0.6) is 0 Å². The summed E-state index contributed by atoms with van der Waals surface area (Å²) in [6.07, 6.45) is 3.62. The van der Waals surface area contributed by atoms with Gasteiger partial charge < -0.3 is 15.0 Å². The summed E-state index contributed by atoms with van der Waals surface area (Å²) in [4.78, 5) is 13.5. The highest BCUT2D eigenvalue weighted by atomic mass is 16.5. The molecule has 2 atom stereocenters. The number of nitrogens with zero attached hydrogens (tertiary/aromatic N) is 4. The van der Waals surface area contributed by atoms with Crippen LogP contribution in [-0.4, -0.2) is 73.4 Å². The third kappa shape index (κ3) is 3.70. The first-order valence-electron chi connectivity index (χ1n) is 7.92. The van der Waals surface area contributed by atoms with Crippen molar-refractivity contribution in [2.45, 2.75) is 13.0 Å². The van der Waals surface area contributed by atoms with Crippen LogP contribution in [-0.2, 0) is 4.74 Å². The summed E-state index contributed by atoms with van der Waals surface area (Å²) in [6.45, 7) is 10.2. The van der Waals surface area contributed by atoms with Crippen molar-refractivity contribution in [2.75, 3.05) is 57.4 Å². The monoisotopic (exact) mass is 291 g/mol. The molecule has 21 heavy (non-hydrogen) atoms. The largest absolute Gasteiger partial charge is 0.379 e. The Morgan fingerprint density at radius 1 is 1.19 bits per heavy atom. The van der Waals surface area contributed by atoms with Crippen LogP contribution in [0.3, 0.4) is 0 Å². The fourth-order valence-corrected chi connectivity index (χ4v) is 3.18. The van der Waals surface area contributed by atoms with Gasteiger partial charge in [-0.25, -0.2) is 9.97 Å². The standard InChI is InChI=1S/C15H25N5O/c1-2-16-14-12-21-11-13(14)10-19-6-8-20(9-7-19)15-17-4-3-5-18-15/h3-5,13-14,16H,2,6-12H2,1H3. The van der Waals surface area contributed by atoms with Gasteiger partial charge in [0.2, 0.25) is 5.95 Å². The summed E-state index contributed by atoms with van der Waals surface area (Å²) >= 11 is 0. The topological polar surface area (TPSA) is 53.5 Å². The van der Waals surface area contributed by atoms with Gasteiger partial charge in [-0.3, -0.25) is 4.90 Å². The van der Waals surface area contributed by atoms with Gasteiger partial charge in [0, 0.05) is 57.1 Å². The van der Waals surface area contributed by atoms with Crippen molar-refractivity contribution in [3.05, 3.63) is 18.5 Å². The van der Waals surface area contributed by atoms with Crippen molar-refractivity contribution >= 4 is 5.95 Å². The Morgan fingerprint density at radius 3 is 2.67 bits per heavy atom. The summed E-state index contributed by atoms with van der Waals surface area (Å²) < 4.78 is 5.63. The lowest BCUT2D eigenvalue weighted by Gasteiger charge is -2.36. The lowest BCUT2D eigenvalue weighted by molar-refractivity contribution is 0.164. The number of nitrogens with one attached hydrogen (secondary N) is 1. The Labute approximate surface area is 126 Å². The highest BCUT2D eigenvalue weighted by Gasteiger charge is 2.30. The van der Waals surface area contributed by atoms with Crippen LogP contribution in [0.4, 0.5) is 5.95 Å². The van der Waals surface area contributed by atoms with Crippen LogP contribution < -0.4 is 10.2 Å². The smallest absolute Gasteiger partial charge is 0.225 e. The molecule has 0 spiro atoms. The molecule has 3 heterocycles. The van der Waals surface area contributed by atoms with Crippen LogP contribution >= 0.6 is 0 Å². The van der Waals surface area contributed by atoms with Crippen LogP contribution in [0, 0.1) is 5.92 Å². The fourth-order valence-electron chi connectivity index (χ4n) is 3.18. The average molecular weight is 291 g/mol. The Hall–Kier alpha value is -1.24. The van der Waals surface area contributed by atoms with Crippen LogP contribution in [0.2, 0.25) is 0 Å². The average Bonchev–Trinajstić information content (AvgIpc) is 2.96. The van der Waals surface area contributed by atoms with Gasteiger partial charge >= 0.3 is 0 Å². The van der Waals surface area contributed by atoms with Gasteiger partial charge in [0.05, 0.1) is 13.2 Å².